The topological polar surface area (TPSA) is 26.3 Å². The number of carbonyl (C=O) groups is 1. The van der Waals surface area contributed by atoms with Crippen molar-refractivity contribution < 1.29 is 9.53 Å². The van der Waals surface area contributed by atoms with Gasteiger partial charge in [-0.1, -0.05) is 38.7 Å². The van der Waals surface area contributed by atoms with Crippen LogP contribution >= 0.6 is 23.2 Å². The molecule has 0 saturated carbocycles. The van der Waals surface area contributed by atoms with Crippen molar-refractivity contribution in [3.8, 4) is 0 Å². The molecule has 106 valence electrons. The van der Waals surface area contributed by atoms with E-state index in [0.29, 0.717) is 12.2 Å². The second kappa shape index (κ2) is 9.87. The summed E-state index contributed by atoms with van der Waals surface area (Å²) in [6.45, 7) is 5.69. The zero-order chi connectivity index (χ0) is 14.0. The summed E-state index contributed by atoms with van der Waals surface area (Å²) >= 11 is 11.9. The van der Waals surface area contributed by atoms with Gasteiger partial charge >= 0.3 is 5.97 Å². The molecule has 0 N–H and O–H groups in total. The third kappa shape index (κ3) is 12.5. The standard InChI is InChI=1S/C13H24Cl2O2Si/c1-11(2)12(16)17-10-8-6-4-3-5-7-9-13(14,15)18/h1,3-10H2,2,18H3. The van der Waals surface area contributed by atoms with E-state index in [-0.39, 0.29) is 5.97 Å². The van der Waals surface area contributed by atoms with Crippen LogP contribution in [0.15, 0.2) is 12.2 Å². The van der Waals surface area contributed by atoms with Crippen molar-refractivity contribution in [1.29, 1.82) is 0 Å². The fourth-order valence-corrected chi connectivity index (χ4v) is 2.15. The molecule has 0 aliphatic heterocycles. The molecule has 18 heavy (non-hydrogen) atoms. The summed E-state index contributed by atoms with van der Waals surface area (Å²) in [6, 6.07) is 0. The van der Waals surface area contributed by atoms with Gasteiger partial charge in [0.2, 0.25) is 0 Å². The first-order valence-corrected chi connectivity index (χ1v) is 8.29. The number of rotatable bonds is 10. The highest BCUT2D eigenvalue weighted by atomic mass is 35.5. The van der Waals surface area contributed by atoms with Gasteiger partial charge in [0.25, 0.3) is 0 Å². The number of esters is 1. The lowest BCUT2D eigenvalue weighted by molar-refractivity contribution is -0.139. The van der Waals surface area contributed by atoms with Crippen LogP contribution in [0, 0.1) is 0 Å². The van der Waals surface area contributed by atoms with Crippen molar-refractivity contribution in [2.75, 3.05) is 6.61 Å². The Kier molecular flexibility index (Phi) is 9.88. The maximum atomic E-state index is 11.1. The quantitative estimate of drug-likeness (QED) is 0.203. The summed E-state index contributed by atoms with van der Waals surface area (Å²) < 4.78 is 4.56. The molecule has 0 saturated heterocycles. The third-order valence-electron chi connectivity index (χ3n) is 2.59. The Morgan fingerprint density at radius 1 is 1.17 bits per heavy atom. The van der Waals surface area contributed by atoms with E-state index in [2.05, 4.69) is 6.58 Å². The minimum Gasteiger partial charge on any atom is -0.462 e. The summed E-state index contributed by atoms with van der Waals surface area (Å²) in [7, 11) is 0.820. The van der Waals surface area contributed by atoms with E-state index in [0.717, 1.165) is 35.9 Å². The van der Waals surface area contributed by atoms with Gasteiger partial charge in [-0.15, -0.1) is 23.2 Å². The molecule has 5 heteroatoms. The van der Waals surface area contributed by atoms with Crippen LogP contribution in [0.5, 0.6) is 0 Å². The zero-order valence-corrected chi connectivity index (χ0v) is 14.9. The lowest BCUT2D eigenvalue weighted by atomic mass is 10.1. The highest BCUT2D eigenvalue weighted by molar-refractivity contribution is 6.65. The molecule has 0 aromatic carbocycles. The molecule has 0 rings (SSSR count). The van der Waals surface area contributed by atoms with Crippen molar-refractivity contribution in [2.45, 2.75) is 55.8 Å². The summed E-state index contributed by atoms with van der Waals surface area (Å²) in [5.41, 5.74) is 0.462. The maximum absolute atomic E-state index is 11.1. The fourth-order valence-electron chi connectivity index (χ4n) is 1.53. The number of carbonyl (C=O) groups excluding carboxylic acids is 1. The largest absolute Gasteiger partial charge is 0.462 e. The van der Waals surface area contributed by atoms with Crippen LogP contribution in [0.3, 0.4) is 0 Å². The van der Waals surface area contributed by atoms with E-state index in [4.69, 9.17) is 27.9 Å². The van der Waals surface area contributed by atoms with Crippen LogP contribution < -0.4 is 0 Å². The number of ether oxygens (including phenoxy) is 1. The van der Waals surface area contributed by atoms with Gasteiger partial charge < -0.3 is 4.74 Å². The van der Waals surface area contributed by atoms with Crippen molar-refractivity contribution in [3.63, 3.8) is 0 Å². The Labute approximate surface area is 123 Å². The normalized spacial score (nSPS) is 11.5. The van der Waals surface area contributed by atoms with Crippen LogP contribution in [0.25, 0.3) is 0 Å². The summed E-state index contributed by atoms with van der Waals surface area (Å²) in [5.74, 6) is -0.289. The zero-order valence-electron chi connectivity index (χ0n) is 11.4. The van der Waals surface area contributed by atoms with Gasteiger partial charge in [0.05, 0.1) is 10.6 Å². The Morgan fingerprint density at radius 3 is 2.17 bits per heavy atom. The van der Waals surface area contributed by atoms with E-state index >= 15 is 0 Å². The Morgan fingerprint density at radius 2 is 1.67 bits per heavy atom. The molecule has 0 bridgehead atoms. The van der Waals surface area contributed by atoms with Crippen molar-refractivity contribution in [3.05, 3.63) is 12.2 Å². The molecule has 0 atom stereocenters. The van der Waals surface area contributed by atoms with Crippen LogP contribution in [0.4, 0.5) is 0 Å². The van der Waals surface area contributed by atoms with E-state index in [1.807, 2.05) is 0 Å². The van der Waals surface area contributed by atoms with Crippen molar-refractivity contribution in [2.24, 2.45) is 0 Å². The molecular formula is C13H24Cl2O2Si. The molecule has 0 aliphatic rings. The third-order valence-corrected chi connectivity index (χ3v) is 3.47. The molecule has 0 radical (unpaired) electrons. The summed E-state index contributed by atoms with van der Waals surface area (Å²) in [5, 5.41) is 0. The lowest BCUT2D eigenvalue weighted by Gasteiger charge is -2.12. The minimum absolute atomic E-state index is 0.289. The highest BCUT2D eigenvalue weighted by Crippen LogP contribution is 2.23. The minimum atomic E-state index is -0.448. The number of unbranched alkanes of at least 4 members (excludes halogenated alkanes) is 5. The van der Waals surface area contributed by atoms with Crippen molar-refractivity contribution >= 4 is 39.4 Å². The molecule has 0 aromatic rings. The van der Waals surface area contributed by atoms with Gasteiger partial charge in [0, 0.05) is 15.8 Å². The number of hydrogen-bond acceptors (Lipinski definition) is 2. The van der Waals surface area contributed by atoms with Crippen LogP contribution in [0.1, 0.15) is 51.9 Å². The Balaban J connectivity index is 3.22. The lowest BCUT2D eigenvalue weighted by Crippen LogP contribution is -2.11. The predicted molar refractivity (Wildman–Crippen MR) is 82.5 cm³/mol. The molecule has 2 nitrogen and oxygen atoms in total. The Hall–Kier alpha value is 0.00688. The monoisotopic (exact) mass is 310 g/mol. The van der Waals surface area contributed by atoms with Crippen LogP contribution in [-0.2, 0) is 9.53 Å². The van der Waals surface area contributed by atoms with Crippen molar-refractivity contribution in [1.82, 2.24) is 0 Å². The highest BCUT2D eigenvalue weighted by Gasteiger charge is 2.14. The van der Waals surface area contributed by atoms with Gasteiger partial charge in [-0.3, -0.25) is 0 Å². The second-order valence-corrected chi connectivity index (χ2v) is 9.69. The number of halogens is 2. The summed E-state index contributed by atoms with van der Waals surface area (Å²) in [6.07, 6.45) is 7.56. The average Bonchev–Trinajstić information content (AvgIpc) is 2.24. The second-order valence-electron chi connectivity index (χ2n) is 4.86. The van der Waals surface area contributed by atoms with Crippen LogP contribution in [-0.4, -0.2) is 26.8 Å². The molecule has 0 heterocycles. The maximum Gasteiger partial charge on any atom is 0.333 e. The first-order chi connectivity index (χ1) is 8.33. The molecule has 0 aliphatic carbocycles. The van der Waals surface area contributed by atoms with Gasteiger partial charge in [0.1, 0.15) is 0 Å². The first kappa shape index (κ1) is 18.0. The number of alkyl halides is 2. The van der Waals surface area contributed by atoms with E-state index in [1.54, 1.807) is 6.92 Å². The molecule has 0 unspecified atom stereocenters. The molecular weight excluding hydrogens is 287 g/mol. The number of hydrogen-bond donors (Lipinski definition) is 0. The first-order valence-electron chi connectivity index (χ1n) is 6.53. The molecule has 0 spiro atoms. The van der Waals surface area contributed by atoms with E-state index < -0.39 is 3.96 Å². The average molecular weight is 311 g/mol. The van der Waals surface area contributed by atoms with Gasteiger partial charge in [-0.25, -0.2) is 4.79 Å². The fraction of sp³-hybridized carbons (Fsp3) is 0.769. The predicted octanol–water partition coefficient (Wildman–Crippen LogP) is 3.33. The van der Waals surface area contributed by atoms with Gasteiger partial charge in [0.15, 0.2) is 0 Å². The molecule has 0 fully saturated rings. The molecule has 0 amide bonds. The summed E-state index contributed by atoms with van der Waals surface area (Å²) in [4.78, 5) is 11.1. The van der Waals surface area contributed by atoms with E-state index in [1.165, 1.54) is 19.3 Å². The smallest absolute Gasteiger partial charge is 0.333 e. The SMILES string of the molecule is C=C(C)C(=O)OCCCCCCCCC([SiH3])(Cl)Cl. The van der Waals surface area contributed by atoms with E-state index in [9.17, 15) is 4.79 Å². The van der Waals surface area contributed by atoms with Gasteiger partial charge in [-0.2, -0.15) is 0 Å². The molecule has 0 aromatic heterocycles. The van der Waals surface area contributed by atoms with Crippen LogP contribution in [0.2, 0.25) is 0 Å². The Bertz CT molecular complexity index is 262. The van der Waals surface area contributed by atoms with Gasteiger partial charge in [-0.05, 0) is 19.8 Å².